The van der Waals surface area contributed by atoms with Crippen molar-refractivity contribution in [1.29, 1.82) is 0 Å². The number of nitrogens with one attached hydrogen (secondary N) is 1. The third-order valence-electron chi connectivity index (χ3n) is 2.64. The highest BCUT2D eigenvalue weighted by atomic mass is 16.5. The molecule has 110 valence electrons. The first-order chi connectivity index (χ1) is 9.67. The van der Waals surface area contributed by atoms with Crippen LogP contribution >= 0.6 is 0 Å². The monoisotopic (exact) mass is 281 g/mol. The lowest BCUT2D eigenvalue weighted by molar-refractivity contribution is -0.146. The third kappa shape index (κ3) is 5.81. The van der Waals surface area contributed by atoms with Crippen LogP contribution in [0.4, 0.5) is 0 Å². The van der Waals surface area contributed by atoms with E-state index in [2.05, 4.69) is 10.1 Å². The number of esters is 2. The molecule has 0 amide bonds. The molecule has 0 saturated carbocycles. The Morgan fingerprint density at radius 3 is 2.60 bits per heavy atom. The van der Waals surface area contributed by atoms with Crippen molar-refractivity contribution in [3.05, 3.63) is 35.9 Å². The molecule has 20 heavy (non-hydrogen) atoms. The summed E-state index contributed by atoms with van der Waals surface area (Å²) in [5.41, 5.74) is 0.890. The molecule has 0 radical (unpaired) electrons. The summed E-state index contributed by atoms with van der Waals surface area (Å²) in [5, 5.41) is 11.5. The zero-order chi connectivity index (χ0) is 14.8. The molecular formula is C14H19NO5. The highest BCUT2D eigenvalue weighted by molar-refractivity contribution is 5.77. The predicted octanol–water partition coefficient (Wildman–Crippen LogP) is 0.243. The molecule has 6 nitrogen and oxygen atoms in total. The molecule has 0 aliphatic rings. The fourth-order valence-electron chi connectivity index (χ4n) is 1.57. The lowest BCUT2D eigenvalue weighted by Gasteiger charge is -2.14. The summed E-state index contributed by atoms with van der Waals surface area (Å²) >= 11 is 0. The van der Waals surface area contributed by atoms with Gasteiger partial charge in [-0.3, -0.25) is 14.9 Å². The summed E-state index contributed by atoms with van der Waals surface area (Å²) < 4.78 is 9.62. The largest absolute Gasteiger partial charge is 0.468 e. The van der Waals surface area contributed by atoms with E-state index in [1.165, 1.54) is 7.11 Å². The van der Waals surface area contributed by atoms with Crippen molar-refractivity contribution >= 4 is 11.9 Å². The van der Waals surface area contributed by atoms with Gasteiger partial charge >= 0.3 is 11.9 Å². The topological polar surface area (TPSA) is 84.9 Å². The Labute approximate surface area is 117 Å². The van der Waals surface area contributed by atoms with Crippen LogP contribution in [0.2, 0.25) is 0 Å². The first-order valence-electron chi connectivity index (χ1n) is 6.29. The van der Waals surface area contributed by atoms with E-state index < -0.39 is 18.0 Å². The van der Waals surface area contributed by atoms with Gasteiger partial charge in [0.25, 0.3) is 0 Å². The van der Waals surface area contributed by atoms with Gasteiger partial charge in [-0.25, -0.2) is 0 Å². The Bertz CT molecular complexity index is 421. The maximum atomic E-state index is 11.5. The Morgan fingerprint density at radius 2 is 2.00 bits per heavy atom. The predicted molar refractivity (Wildman–Crippen MR) is 71.7 cm³/mol. The number of aliphatic hydroxyl groups is 1. The minimum Gasteiger partial charge on any atom is -0.468 e. The molecule has 1 rings (SSSR count). The molecule has 6 heteroatoms. The maximum Gasteiger partial charge on any atom is 0.322 e. The molecular weight excluding hydrogens is 262 g/mol. The number of ether oxygens (including phenoxy) is 2. The molecule has 0 spiro atoms. The molecule has 1 aromatic rings. The molecule has 0 bridgehead atoms. The zero-order valence-electron chi connectivity index (χ0n) is 11.4. The van der Waals surface area contributed by atoms with Crippen LogP contribution in [-0.4, -0.2) is 43.3 Å². The van der Waals surface area contributed by atoms with Gasteiger partial charge in [-0.15, -0.1) is 0 Å². The number of rotatable bonds is 8. The average molecular weight is 281 g/mol. The SMILES string of the molecule is COC(=O)[C@@H](CCO)NCC(=O)OCc1ccccc1. The molecule has 0 saturated heterocycles. The molecule has 0 aliphatic heterocycles. The van der Waals surface area contributed by atoms with Crippen molar-refractivity contribution in [3.8, 4) is 0 Å². The van der Waals surface area contributed by atoms with Crippen LogP contribution in [0.5, 0.6) is 0 Å². The highest BCUT2D eigenvalue weighted by Gasteiger charge is 2.19. The van der Waals surface area contributed by atoms with Gasteiger partial charge in [0.1, 0.15) is 12.6 Å². The van der Waals surface area contributed by atoms with Gasteiger partial charge in [-0.05, 0) is 12.0 Å². The van der Waals surface area contributed by atoms with Crippen molar-refractivity contribution in [2.75, 3.05) is 20.3 Å². The van der Waals surface area contributed by atoms with E-state index in [9.17, 15) is 9.59 Å². The lowest BCUT2D eigenvalue weighted by atomic mass is 10.2. The van der Waals surface area contributed by atoms with Gasteiger partial charge in [-0.1, -0.05) is 30.3 Å². The second-order valence-electron chi connectivity index (χ2n) is 4.12. The second-order valence-corrected chi connectivity index (χ2v) is 4.12. The molecule has 1 atom stereocenters. The summed E-state index contributed by atoms with van der Waals surface area (Å²) in [5.74, 6) is -0.990. The van der Waals surface area contributed by atoms with E-state index in [0.717, 1.165) is 5.56 Å². The molecule has 0 unspecified atom stereocenters. The summed E-state index contributed by atoms with van der Waals surface area (Å²) in [6, 6.07) is 8.58. The standard InChI is InChI=1S/C14H19NO5/c1-19-14(18)12(7-8-16)15-9-13(17)20-10-11-5-3-2-4-6-11/h2-6,12,15-16H,7-10H2,1H3/t12-/m1/s1. The number of carbonyl (C=O) groups is 2. The normalized spacial score (nSPS) is 11.7. The lowest BCUT2D eigenvalue weighted by Crippen LogP contribution is -2.41. The number of benzene rings is 1. The van der Waals surface area contributed by atoms with Crippen LogP contribution in [-0.2, 0) is 25.7 Å². The van der Waals surface area contributed by atoms with Crippen molar-refractivity contribution in [2.45, 2.75) is 19.1 Å². The zero-order valence-corrected chi connectivity index (χ0v) is 11.4. The van der Waals surface area contributed by atoms with Crippen molar-refractivity contribution in [3.63, 3.8) is 0 Å². The van der Waals surface area contributed by atoms with Crippen LogP contribution in [0.25, 0.3) is 0 Å². The first-order valence-corrected chi connectivity index (χ1v) is 6.29. The van der Waals surface area contributed by atoms with Crippen LogP contribution < -0.4 is 5.32 Å². The van der Waals surface area contributed by atoms with E-state index in [4.69, 9.17) is 9.84 Å². The number of aliphatic hydroxyl groups excluding tert-OH is 1. The summed E-state index contributed by atoms with van der Waals surface area (Å²) in [6.45, 7) is -0.108. The van der Waals surface area contributed by atoms with E-state index in [-0.39, 0.29) is 26.2 Å². The summed E-state index contributed by atoms with van der Waals surface area (Å²) in [4.78, 5) is 22.9. The van der Waals surface area contributed by atoms with Gasteiger partial charge in [-0.2, -0.15) is 0 Å². The Hall–Kier alpha value is -1.92. The number of methoxy groups -OCH3 is 1. The van der Waals surface area contributed by atoms with Crippen LogP contribution in [0, 0.1) is 0 Å². The van der Waals surface area contributed by atoms with Gasteiger partial charge in [0.2, 0.25) is 0 Å². The van der Waals surface area contributed by atoms with E-state index in [0.29, 0.717) is 0 Å². The van der Waals surface area contributed by atoms with E-state index in [1.54, 1.807) is 0 Å². The minimum atomic E-state index is -0.714. The Balaban J connectivity index is 2.32. The first kappa shape index (κ1) is 16.1. The quantitative estimate of drug-likeness (QED) is 0.664. The maximum absolute atomic E-state index is 11.5. The van der Waals surface area contributed by atoms with Crippen molar-refractivity contribution in [2.24, 2.45) is 0 Å². The fourth-order valence-corrected chi connectivity index (χ4v) is 1.57. The smallest absolute Gasteiger partial charge is 0.322 e. The van der Waals surface area contributed by atoms with Crippen molar-refractivity contribution in [1.82, 2.24) is 5.32 Å². The van der Waals surface area contributed by atoms with Crippen LogP contribution in [0.3, 0.4) is 0 Å². The molecule has 2 N–H and O–H groups in total. The van der Waals surface area contributed by atoms with Crippen LogP contribution in [0.1, 0.15) is 12.0 Å². The Kier molecular flexibility index (Phi) is 7.31. The fraction of sp³-hybridized carbons (Fsp3) is 0.429. The van der Waals surface area contributed by atoms with E-state index >= 15 is 0 Å². The van der Waals surface area contributed by atoms with Gasteiger partial charge in [0.15, 0.2) is 0 Å². The average Bonchev–Trinajstić information content (AvgIpc) is 2.49. The van der Waals surface area contributed by atoms with Gasteiger partial charge < -0.3 is 14.6 Å². The minimum absolute atomic E-state index is 0.118. The molecule has 0 aromatic heterocycles. The van der Waals surface area contributed by atoms with Gasteiger partial charge in [0, 0.05) is 6.61 Å². The molecule has 0 heterocycles. The number of hydrogen-bond donors (Lipinski definition) is 2. The number of carbonyl (C=O) groups excluding carboxylic acids is 2. The van der Waals surface area contributed by atoms with Crippen molar-refractivity contribution < 1.29 is 24.2 Å². The molecule has 0 aliphatic carbocycles. The molecule has 1 aromatic carbocycles. The molecule has 0 fully saturated rings. The number of hydrogen-bond acceptors (Lipinski definition) is 6. The summed E-state index contributed by atoms with van der Waals surface area (Å²) in [7, 11) is 1.25. The summed E-state index contributed by atoms with van der Waals surface area (Å²) in [6.07, 6.45) is 0.179. The second kappa shape index (κ2) is 9.06. The van der Waals surface area contributed by atoms with Gasteiger partial charge in [0.05, 0.1) is 13.7 Å². The third-order valence-corrected chi connectivity index (χ3v) is 2.64. The van der Waals surface area contributed by atoms with E-state index in [1.807, 2.05) is 30.3 Å². The Morgan fingerprint density at radius 1 is 1.30 bits per heavy atom. The highest BCUT2D eigenvalue weighted by Crippen LogP contribution is 2.00. The van der Waals surface area contributed by atoms with Crippen LogP contribution in [0.15, 0.2) is 30.3 Å².